The van der Waals surface area contributed by atoms with Crippen LogP contribution in [-0.4, -0.2) is 38.7 Å². The predicted molar refractivity (Wildman–Crippen MR) is 184 cm³/mol. The number of hydrogen-bond acceptors (Lipinski definition) is 5. The van der Waals surface area contributed by atoms with Gasteiger partial charge in [-0.3, -0.25) is 0 Å². The van der Waals surface area contributed by atoms with Crippen molar-refractivity contribution >= 4 is 12.9 Å². The highest BCUT2D eigenvalue weighted by Gasteiger charge is 2.35. The topological polar surface area (TPSA) is 68.1 Å². The summed E-state index contributed by atoms with van der Waals surface area (Å²) in [7, 11) is 1.68. The zero-order valence-corrected chi connectivity index (χ0v) is 26.0. The first-order chi connectivity index (χ1) is 21.7. The van der Waals surface area contributed by atoms with E-state index in [1.807, 2.05) is 98.8 Å². The lowest BCUT2D eigenvalue weighted by Gasteiger charge is -2.37. The maximum atomic E-state index is 10.5. The van der Waals surface area contributed by atoms with Crippen molar-refractivity contribution in [2.45, 2.75) is 38.9 Å². The van der Waals surface area contributed by atoms with Gasteiger partial charge in [0.25, 0.3) is 0 Å². The molecule has 5 aromatic carbocycles. The number of benzene rings is 5. The van der Waals surface area contributed by atoms with Gasteiger partial charge < -0.3 is 9.76 Å². The van der Waals surface area contributed by atoms with E-state index in [1.165, 1.54) is 0 Å². The van der Waals surface area contributed by atoms with Crippen LogP contribution in [0.3, 0.4) is 0 Å². The Hall–Kier alpha value is -4.91. The van der Waals surface area contributed by atoms with Crippen molar-refractivity contribution in [3.8, 4) is 56.4 Å². The van der Waals surface area contributed by atoms with Gasteiger partial charge in [0.2, 0.25) is 0 Å². The molecule has 6 rings (SSSR count). The standard InChI is InChI=1S/C39H35BN3O2/c1-38(2,44)39(3,4)45-40-34-23-21-29(22-24-34)35-41-36(32-19-11-17-30(25-32)27-13-7-5-8-14-27)43-37(42-35)33-20-12-18-31(26-33)28-15-9-6-10-16-28/h5-26,44H,1-4H3. The van der Waals surface area contributed by atoms with Crippen molar-refractivity contribution < 1.29 is 9.76 Å². The van der Waals surface area contributed by atoms with Crippen molar-refractivity contribution in [3.63, 3.8) is 0 Å². The lowest BCUT2D eigenvalue weighted by molar-refractivity contribution is -0.0893. The second-order valence-electron chi connectivity index (χ2n) is 12.1. The molecule has 1 N–H and O–H groups in total. The van der Waals surface area contributed by atoms with E-state index in [-0.39, 0.29) is 0 Å². The molecule has 0 spiro atoms. The van der Waals surface area contributed by atoms with E-state index >= 15 is 0 Å². The Balaban J connectivity index is 1.40. The van der Waals surface area contributed by atoms with Crippen molar-refractivity contribution in [1.29, 1.82) is 0 Å². The van der Waals surface area contributed by atoms with Gasteiger partial charge >= 0.3 is 7.48 Å². The molecular formula is C39H35BN3O2. The van der Waals surface area contributed by atoms with Gasteiger partial charge in [-0.05, 0) is 62.1 Å². The van der Waals surface area contributed by atoms with Crippen LogP contribution in [-0.2, 0) is 4.65 Å². The molecule has 0 fully saturated rings. The van der Waals surface area contributed by atoms with Crippen LogP contribution in [0.25, 0.3) is 56.4 Å². The third-order valence-electron chi connectivity index (χ3n) is 8.22. The van der Waals surface area contributed by atoms with Crippen molar-refractivity contribution in [3.05, 3.63) is 133 Å². The Morgan fingerprint density at radius 1 is 0.467 bits per heavy atom. The Morgan fingerprint density at radius 3 is 1.31 bits per heavy atom. The zero-order chi connectivity index (χ0) is 31.4. The molecule has 1 radical (unpaired) electrons. The highest BCUT2D eigenvalue weighted by molar-refractivity contribution is 6.47. The molecule has 0 aliphatic carbocycles. The summed E-state index contributed by atoms with van der Waals surface area (Å²) >= 11 is 0. The molecule has 5 nitrogen and oxygen atoms in total. The first-order valence-corrected chi connectivity index (χ1v) is 15.1. The highest BCUT2D eigenvalue weighted by atomic mass is 16.5. The van der Waals surface area contributed by atoms with Gasteiger partial charge in [-0.1, -0.05) is 127 Å². The first-order valence-electron chi connectivity index (χ1n) is 15.1. The average molecular weight is 589 g/mol. The maximum Gasteiger partial charge on any atom is 0.330 e. The molecule has 0 aliphatic heterocycles. The summed E-state index contributed by atoms with van der Waals surface area (Å²) in [5, 5.41) is 10.5. The van der Waals surface area contributed by atoms with Crippen LogP contribution >= 0.6 is 0 Å². The fourth-order valence-corrected chi connectivity index (χ4v) is 4.77. The molecular weight excluding hydrogens is 553 g/mol. The third-order valence-corrected chi connectivity index (χ3v) is 8.22. The Morgan fingerprint density at radius 2 is 0.867 bits per heavy atom. The normalized spacial score (nSPS) is 11.8. The number of nitrogens with zero attached hydrogens (tertiary/aromatic N) is 3. The largest absolute Gasteiger partial charge is 0.427 e. The lowest BCUT2D eigenvalue weighted by atomic mass is 9.82. The molecule has 6 aromatic rings. The highest BCUT2D eigenvalue weighted by Crippen LogP contribution is 2.30. The number of aromatic nitrogens is 3. The van der Waals surface area contributed by atoms with Crippen LogP contribution < -0.4 is 5.46 Å². The average Bonchev–Trinajstić information content (AvgIpc) is 3.08. The smallest absolute Gasteiger partial charge is 0.330 e. The van der Waals surface area contributed by atoms with Gasteiger partial charge in [0.05, 0.1) is 11.2 Å². The molecule has 45 heavy (non-hydrogen) atoms. The minimum atomic E-state index is -1.00. The van der Waals surface area contributed by atoms with Crippen LogP contribution in [0.4, 0.5) is 0 Å². The minimum absolute atomic E-state index is 0.578. The fourth-order valence-electron chi connectivity index (χ4n) is 4.77. The summed E-state index contributed by atoms with van der Waals surface area (Å²) in [6.07, 6.45) is 0. The van der Waals surface area contributed by atoms with Crippen LogP contribution in [0, 0.1) is 0 Å². The molecule has 0 unspecified atom stereocenters. The van der Waals surface area contributed by atoms with Gasteiger partial charge in [-0.2, -0.15) is 0 Å². The van der Waals surface area contributed by atoms with E-state index in [2.05, 4.69) is 48.5 Å². The summed E-state index contributed by atoms with van der Waals surface area (Å²) in [5.41, 5.74) is 6.24. The van der Waals surface area contributed by atoms with E-state index in [9.17, 15) is 5.11 Å². The monoisotopic (exact) mass is 588 g/mol. The minimum Gasteiger partial charge on any atom is -0.427 e. The van der Waals surface area contributed by atoms with Crippen molar-refractivity contribution in [1.82, 2.24) is 15.0 Å². The summed E-state index contributed by atoms with van der Waals surface area (Å²) in [6, 6.07) is 45.1. The van der Waals surface area contributed by atoms with Crippen LogP contribution in [0.5, 0.6) is 0 Å². The lowest BCUT2D eigenvalue weighted by Crippen LogP contribution is -2.49. The van der Waals surface area contributed by atoms with Gasteiger partial charge in [-0.25, -0.2) is 15.0 Å². The quantitative estimate of drug-likeness (QED) is 0.173. The van der Waals surface area contributed by atoms with Crippen LogP contribution in [0.1, 0.15) is 27.7 Å². The molecule has 1 aromatic heterocycles. The molecule has 221 valence electrons. The van der Waals surface area contributed by atoms with Gasteiger partial charge in [0, 0.05) is 16.7 Å². The second kappa shape index (κ2) is 12.6. The molecule has 0 atom stereocenters. The number of hydrogen-bond donors (Lipinski definition) is 1. The first kappa shape index (κ1) is 30.1. The molecule has 0 bridgehead atoms. The summed E-state index contributed by atoms with van der Waals surface area (Å²) in [6.45, 7) is 7.21. The molecule has 0 saturated heterocycles. The van der Waals surface area contributed by atoms with E-state index in [0.717, 1.165) is 44.4 Å². The number of aliphatic hydroxyl groups is 1. The van der Waals surface area contributed by atoms with E-state index in [0.29, 0.717) is 17.5 Å². The van der Waals surface area contributed by atoms with E-state index < -0.39 is 11.2 Å². The van der Waals surface area contributed by atoms with Gasteiger partial charge in [0.15, 0.2) is 17.5 Å². The van der Waals surface area contributed by atoms with Crippen LogP contribution in [0.15, 0.2) is 133 Å². The second-order valence-corrected chi connectivity index (χ2v) is 12.1. The summed E-state index contributed by atoms with van der Waals surface area (Å²) in [5.74, 6) is 1.78. The van der Waals surface area contributed by atoms with Gasteiger partial charge in [-0.15, -0.1) is 0 Å². The Kier molecular flexibility index (Phi) is 8.44. The summed E-state index contributed by atoms with van der Waals surface area (Å²) < 4.78 is 5.96. The molecule has 0 saturated carbocycles. The zero-order valence-electron chi connectivity index (χ0n) is 26.0. The van der Waals surface area contributed by atoms with Crippen LogP contribution in [0.2, 0.25) is 0 Å². The summed E-state index contributed by atoms with van der Waals surface area (Å²) in [4.78, 5) is 14.9. The Bertz CT molecular complexity index is 1800. The van der Waals surface area contributed by atoms with Crippen molar-refractivity contribution in [2.75, 3.05) is 0 Å². The van der Waals surface area contributed by atoms with E-state index in [1.54, 1.807) is 21.3 Å². The SMILES string of the molecule is CC(C)(O)C(C)(C)O[B]c1ccc(-c2nc(-c3cccc(-c4ccccc4)c3)nc(-c3cccc(-c4ccccc4)c3)n2)cc1. The van der Waals surface area contributed by atoms with Gasteiger partial charge in [0.1, 0.15) is 0 Å². The van der Waals surface area contributed by atoms with Crippen molar-refractivity contribution in [2.24, 2.45) is 0 Å². The molecule has 1 heterocycles. The fraction of sp³-hybridized carbons (Fsp3) is 0.154. The third kappa shape index (κ3) is 6.93. The number of rotatable bonds is 9. The molecule has 0 amide bonds. The molecule has 0 aliphatic rings. The Labute approximate surface area is 265 Å². The predicted octanol–water partition coefficient (Wildman–Crippen LogP) is 8.02. The maximum absolute atomic E-state index is 10.5. The van der Waals surface area contributed by atoms with E-state index in [4.69, 9.17) is 19.6 Å². The molecule has 6 heteroatoms.